The predicted octanol–water partition coefficient (Wildman–Crippen LogP) is 0.418. The maximum Gasteiger partial charge on any atom is 1.00 e. The van der Waals surface area contributed by atoms with Crippen LogP contribution in [-0.4, -0.2) is 9.97 Å². The fourth-order valence-corrected chi connectivity index (χ4v) is 2.26. The van der Waals surface area contributed by atoms with Gasteiger partial charge in [0.05, 0.1) is 16.6 Å². The molecule has 4 nitrogen and oxygen atoms in total. The molecule has 22 heavy (non-hydrogen) atoms. The number of anilines is 1. The Kier molecular flexibility index (Phi) is 6.14. The standard InChI is InChI=1S/C16H12N4S.K/c17-10-12(16(21)18-11-6-2-1-3-7-11)15-19-13-8-4-5-9-14(13)20-15;/h1-9,18,21H,(H,19,20);/q;+1/p-1/b16-12+;. The summed E-state index contributed by atoms with van der Waals surface area (Å²) < 4.78 is 0. The number of hydrogen-bond donors (Lipinski definition) is 2. The number of imidazole rings is 1. The molecule has 0 aliphatic heterocycles. The van der Waals surface area contributed by atoms with Gasteiger partial charge in [-0.15, -0.1) is 0 Å². The molecule has 0 spiro atoms. The number of nitrogens with zero attached hydrogens (tertiary/aromatic N) is 2. The van der Waals surface area contributed by atoms with E-state index in [1.807, 2.05) is 54.6 Å². The van der Waals surface area contributed by atoms with Crippen LogP contribution in [-0.2, 0) is 12.6 Å². The average Bonchev–Trinajstić information content (AvgIpc) is 2.92. The van der Waals surface area contributed by atoms with Gasteiger partial charge >= 0.3 is 51.4 Å². The van der Waals surface area contributed by atoms with Crippen LogP contribution in [0.4, 0.5) is 5.69 Å². The Morgan fingerprint density at radius 3 is 2.45 bits per heavy atom. The number of aromatic nitrogens is 2. The van der Waals surface area contributed by atoms with Crippen molar-refractivity contribution in [1.82, 2.24) is 9.97 Å². The van der Waals surface area contributed by atoms with Crippen LogP contribution in [0.15, 0.2) is 59.6 Å². The Labute approximate surface area is 176 Å². The van der Waals surface area contributed by atoms with Crippen molar-refractivity contribution in [1.29, 1.82) is 5.26 Å². The maximum absolute atomic E-state index is 9.38. The van der Waals surface area contributed by atoms with Crippen LogP contribution in [0.5, 0.6) is 0 Å². The van der Waals surface area contributed by atoms with Crippen molar-refractivity contribution >= 4 is 34.9 Å². The second kappa shape index (κ2) is 7.88. The first-order chi connectivity index (χ1) is 10.3. The molecular formula is C16H11KN4S. The third-order valence-corrected chi connectivity index (χ3v) is 3.30. The minimum absolute atomic E-state index is 0. The van der Waals surface area contributed by atoms with Gasteiger partial charge in [0.1, 0.15) is 11.9 Å². The van der Waals surface area contributed by atoms with E-state index in [9.17, 15) is 5.26 Å². The Hall–Kier alpha value is -1.20. The van der Waals surface area contributed by atoms with Gasteiger partial charge in [-0.3, -0.25) is 0 Å². The third kappa shape index (κ3) is 3.76. The van der Waals surface area contributed by atoms with E-state index < -0.39 is 0 Å². The average molecular weight is 330 g/mol. The Morgan fingerprint density at radius 1 is 1.09 bits per heavy atom. The number of fused-ring (bicyclic) bond motifs is 1. The second-order valence-electron chi connectivity index (χ2n) is 4.41. The first-order valence-electron chi connectivity index (χ1n) is 6.36. The number of H-pyrrole nitrogens is 1. The summed E-state index contributed by atoms with van der Waals surface area (Å²) in [5.74, 6) is 0.479. The fraction of sp³-hybridized carbons (Fsp3) is 0. The molecule has 0 aliphatic rings. The molecule has 0 radical (unpaired) electrons. The molecule has 0 bridgehead atoms. The number of allylic oxidation sites excluding steroid dienone is 1. The first-order valence-corrected chi connectivity index (χ1v) is 6.77. The summed E-state index contributed by atoms with van der Waals surface area (Å²) >= 11 is 5.31. The molecule has 0 fully saturated rings. The van der Waals surface area contributed by atoms with E-state index in [2.05, 4.69) is 21.4 Å². The Morgan fingerprint density at radius 2 is 1.77 bits per heavy atom. The number of hydrogen-bond acceptors (Lipinski definition) is 4. The zero-order valence-corrected chi connectivity index (χ0v) is 15.9. The molecule has 0 atom stereocenters. The number of nitriles is 1. The van der Waals surface area contributed by atoms with Gasteiger partial charge in [-0.05, 0) is 24.3 Å². The normalized spacial score (nSPS) is 11.2. The van der Waals surface area contributed by atoms with E-state index in [4.69, 9.17) is 12.6 Å². The van der Waals surface area contributed by atoms with Crippen LogP contribution >= 0.6 is 0 Å². The molecule has 0 aliphatic carbocycles. The maximum atomic E-state index is 9.38. The summed E-state index contributed by atoms with van der Waals surface area (Å²) in [4.78, 5) is 7.52. The summed E-state index contributed by atoms with van der Waals surface area (Å²) in [6, 6.07) is 19.2. The minimum atomic E-state index is 0. The minimum Gasteiger partial charge on any atom is -0.761 e. The number of rotatable bonds is 3. The monoisotopic (exact) mass is 330 g/mol. The SMILES string of the molecule is N#C/C(=C(\[S-])Nc1ccccc1)c1nc2ccccc2[nH]1.[K+]. The molecule has 2 aromatic carbocycles. The van der Waals surface area contributed by atoms with Gasteiger partial charge in [0.2, 0.25) is 0 Å². The molecule has 6 heteroatoms. The van der Waals surface area contributed by atoms with Gasteiger partial charge in [-0.25, -0.2) is 4.98 Å². The van der Waals surface area contributed by atoms with Gasteiger partial charge in [0.15, 0.2) is 0 Å². The van der Waals surface area contributed by atoms with Crippen molar-refractivity contribution in [3.05, 3.63) is 65.5 Å². The number of benzene rings is 2. The van der Waals surface area contributed by atoms with Crippen molar-refractivity contribution < 1.29 is 51.4 Å². The van der Waals surface area contributed by atoms with Crippen LogP contribution < -0.4 is 56.7 Å². The third-order valence-electron chi connectivity index (χ3n) is 3.00. The van der Waals surface area contributed by atoms with E-state index in [1.165, 1.54) is 0 Å². The topological polar surface area (TPSA) is 64.5 Å². The van der Waals surface area contributed by atoms with Crippen LogP contribution in [0.25, 0.3) is 16.6 Å². The summed E-state index contributed by atoms with van der Waals surface area (Å²) in [6.07, 6.45) is 0. The molecule has 1 aromatic heterocycles. The van der Waals surface area contributed by atoms with Crippen LogP contribution in [0.2, 0.25) is 0 Å². The van der Waals surface area contributed by atoms with E-state index in [1.54, 1.807) is 0 Å². The smallest absolute Gasteiger partial charge is 0.761 e. The molecule has 2 N–H and O–H groups in total. The van der Waals surface area contributed by atoms with E-state index in [0.717, 1.165) is 16.7 Å². The number of para-hydroxylation sites is 3. The van der Waals surface area contributed by atoms with Gasteiger partial charge in [0, 0.05) is 5.69 Å². The van der Waals surface area contributed by atoms with E-state index in [0.29, 0.717) is 16.4 Å². The largest absolute Gasteiger partial charge is 1.00 e. The second-order valence-corrected chi connectivity index (χ2v) is 4.82. The first kappa shape index (κ1) is 17.2. The van der Waals surface area contributed by atoms with E-state index in [-0.39, 0.29) is 51.4 Å². The zero-order valence-electron chi connectivity index (χ0n) is 12.0. The molecule has 3 rings (SSSR count). The van der Waals surface area contributed by atoms with Crippen molar-refractivity contribution in [2.75, 3.05) is 5.32 Å². The molecular weight excluding hydrogens is 319 g/mol. The van der Waals surface area contributed by atoms with Crippen molar-refractivity contribution in [3.63, 3.8) is 0 Å². The molecule has 0 amide bonds. The fourth-order valence-electron chi connectivity index (χ4n) is 2.00. The van der Waals surface area contributed by atoms with Gasteiger partial charge < -0.3 is 22.9 Å². The van der Waals surface area contributed by atoms with Crippen molar-refractivity contribution in [3.8, 4) is 6.07 Å². The zero-order chi connectivity index (χ0) is 14.7. The summed E-state index contributed by atoms with van der Waals surface area (Å²) in [5, 5.41) is 12.8. The Bertz CT molecular complexity index is 816. The summed E-state index contributed by atoms with van der Waals surface area (Å²) in [7, 11) is 0. The van der Waals surface area contributed by atoms with Crippen LogP contribution in [0, 0.1) is 11.3 Å². The molecule has 0 saturated heterocycles. The molecule has 0 unspecified atom stereocenters. The van der Waals surface area contributed by atoms with Gasteiger partial charge in [0.25, 0.3) is 0 Å². The molecule has 102 valence electrons. The van der Waals surface area contributed by atoms with E-state index >= 15 is 0 Å². The number of aromatic amines is 1. The van der Waals surface area contributed by atoms with Crippen molar-refractivity contribution in [2.24, 2.45) is 0 Å². The molecule has 3 aromatic rings. The van der Waals surface area contributed by atoms with Crippen molar-refractivity contribution in [2.45, 2.75) is 0 Å². The Balaban J connectivity index is 0.00000176. The number of nitrogens with one attached hydrogen (secondary N) is 2. The summed E-state index contributed by atoms with van der Waals surface area (Å²) in [5.41, 5.74) is 2.85. The molecule has 0 saturated carbocycles. The van der Waals surface area contributed by atoms with Crippen LogP contribution in [0.3, 0.4) is 0 Å². The van der Waals surface area contributed by atoms with Gasteiger partial charge in [-0.1, -0.05) is 35.4 Å². The molecule has 1 heterocycles. The van der Waals surface area contributed by atoms with Gasteiger partial charge in [-0.2, -0.15) is 5.26 Å². The summed E-state index contributed by atoms with van der Waals surface area (Å²) in [6.45, 7) is 0. The quantitative estimate of drug-likeness (QED) is 0.415. The van der Waals surface area contributed by atoms with Crippen LogP contribution in [0.1, 0.15) is 5.82 Å². The predicted molar refractivity (Wildman–Crippen MR) is 86.1 cm³/mol.